The molecule has 2 aromatic carbocycles. The van der Waals surface area contributed by atoms with E-state index in [1.165, 1.54) is 23.9 Å². The Kier molecular flexibility index (Phi) is 7.42. The number of hydrogen-bond donors (Lipinski definition) is 3. The minimum absolute atomic E-state index is 0.0565. The standard InChI is InChI=1S/C20H20ClFN6OS/c1-12(18(29)24-10-13-4-2-3-5-16(13)21)30-11-17-26-19(23)28-20(27-17)25-15-8-6-14(22)7-9-15/h2-9,12H,10-11H2,1H3,(H,24,29)(H3,23,25,26,27,28). The second kappa shape index (κ2) is 10.2. The van der Waals surface area contributed by atoms with Crippen molar-refractivity contribution in [3.8, 4) is 0 Å². The van der Waals surface area contributed by atoms with Crippen LogP contribution in [0.1, 0.15) is 18.3 Å². The number of anilines is 3. The van der Waals surface area contributed by atoms with E-state index in [-0.39, 0.29) is 28.9 Å². The van der Waals surface area contributed by atoms with Gasteiger partial charge in [0.1, 0.15) is 11.6 Å². The second-order valence-corrected chi connectivity index (χ2v) is 8.06. The van der Waals surface area contributed by atoms with E-state index in [9.17, 15) is 9.18 Å². The van der Waals surface area contributed by atoms with Gasteiger partial charge in [-0.3, -0.25) is 4.79 Å². The minimum atomic E-state index is -0.338. The van der Waals surface area contributed by atoms with Gasteiger partial charge in [0.2, 0.25) is 17.8 Å². The highest BCUT2D eigenvalue weighted by molar-refractivity contribution is 7.99. The number of nitrogen functional groups attached to an aromatic ring is 1. The fraction of sp³-hybridized carbons (Fsp3) is 0.200. The maximum Gasteiger partial charge on any atom is 0.233 e. The van der Waals surface area contributed by atoms with Crippen molar-refractivity contribution in [1.82, 2.24) is 20.3 Å². The minimum Gasteiger partial charge on any atom is -0.368 e. The molecule has 10 heteroatoms. The van der Waals surface area contributed by atoms with Gasteiger partial charge in [-0.05, 0) is 42.8 Å². The summed E-state index contributed by atoms with van der Waals surface area (Å²) in [4.78, 5) is 24.8. The molecule has 0 bridgehead atoms. The number of rotatable bonds is 8. The van der Waals surface area contributed by atoms with E-state index in [1.54, 1.807) is 25.1 Å². The first kappa shape index (κ1) is 21.8. The van der Waals surface area contributed by atoms with Gasteiger partial charge in [0, 0.05) is 17.3 Å². The van der Waals surface area contributed by atoms with Crippen LogP contribution in [0.25, 0.3) is 0 Å². The fourth-order valence-electron chi connectivity index (χ4n) is 2.46. The number of carbonyl (C=O) groups excluding carboxylic acids is 1. The molecule has 30 heavy (non-hydrogen) atoms. The molecule has 7 nitrogen and oxygen atoms in total. The average molecular weight is 447 g/mol. The van der Waals surface area contributed by atoms with Crippen molar-refractivity contribution in [3.63, 3.8) is 0 Å². The Labute approximate surface area is 182 Å². The van der Waals surface area contributed by atoms with E-state index in [4.69, 9.17) is 17.3 Å². The van der Waals surface area contributed by atoms with Crippen LogP contribution in [0, 0.1) is 5.82 Å². The van der Waals surface area contributed by atoms with Crippen molar-refractivity contribution in [2.24, 2.45) is 0 Å². The largest absolute Gasteiger partial charge is 0.368 e. The van der Waals surface area contributed by atoms with Crippen LogP contribution in [-0.4, -0.2) is 26.1 Å². The zero-order chi connectivity index (χ0) is 21.5. The molecule has 0 spiro atoms. The Morgan fingerprint density at radius 1 is 1.17 bits per heavy atom. The topological polar surface area (TPSA) is 106 Å². The lowest BCUT2D eigenvalue weighted by Gasteiger charge is -2.13. The van der Waals surface area contributed by atoms with Crippen molar-refractivity contribution in [2.45, 2.75) is 24.5 Å². The zero-order valence-electron chi connectivity index (χ0n) is 16.1. The molecule has 0 saturated carbocycles. The maximum absolute atomic E-state index is 13.0. The van der Waals surface area contributed by atoms with E-state index >= 15 is 0 Å². The third-order valence-corrected chi connectivity index (χ3v) is 5.55. The fourth-order valence-corrected chi connectivity index (χ4v) is 3.43. The van der Waals surface area contributed by atoms with Gasteiger partial charge in [-0.2, -0.15) is 15.0 Å². The molecule has 1 atom stereocenters. The molecule has 0 aliphatic carbocycles. The number of nitrogens with one attached hydrogen (secondary N) is 2. The lowest BCUT2D eigenvalue weighted by molar-refractivity contribution is -0.120. The summed E-state index contributed by atoms with van der Waals surface area (Å²) >= 11 is 7.48. The lowest BCUT2D eigenvalue weighted by atomic mass is 10.2. The molecule has 3 rings (SSSR count). The number of halogens is 2. The van der Waals surface area contributed by atoms with Gasteiger partial charge in [0.25, 0.3) is 0 Å². The summed E-state index contributed by atoms with van der Waals surface area (Å²) in [6.07, 6.45) is 0. The van der Waals surface area contributed by atoms with Crippen molar-refractivity contribution in [3.05, 3.63) is 70.8 Å². The first-order valence-corrected chi connectivity index (χ1v) is 10.5. The Morgan fingerprint density at radius 3 is 2.63 bits per heavy atom. The summed E-state index contributed by atoms with van der Waals surface area (Å²) in [5, 5.41) is 6.10. The number of nitrogens with zero attached hydrogens (tertiary/aromatic N) is 3. The van der Waals surface area contributed by atoms with Crippen LogP contribution >= 0.6 is 23.4 Å². The quantitative estimate of drug-likeness (QED) is 0.481. The van der Waals surface area contributed by atoms with E-state index < -0.39 is 0 Å². The molecule has 0 saturated heterocycles. The Bertz CT molecular complexity index is 1020. The molecular formula is C20H20ClFN6OS. The van der Waals surface area contributed by atoms with Crippen LogP contribution in [0.5, 0.6) is 0 Å². The first-order chi connectivity index (χ1) is 14.4. The third kappa shape index (κ3) is 6.30. The molecule has 156 valence electrons. The second-order valence-electron chi connectivity index (χ2n) is 6.33. The number of thioether (sulfide) groups is 1. The molecule has 1 heterocycles. The zero-order valence-corrected chi connectivity index (χ0v) is 17.7. The normalized spacial score (nSPS) is 11.7. The molecule has 0 fully saturated rings. The average Bonchev–Trinajstić information content (AvgIpc) is 2.72. The number of hydrogen-bond acceptors (Lipinski definition) is 7. The number of carbonyl (C=O) groups is 1. The molecule has 0 radical (unpaired) electrons. The molecule has 0 aliphatic heterocycles. The predicted octanol–water partition coefficient (Wildman–Crippen LogP) is 3.93. The highest BCUT2D eigenvalue weighted by atomic mass is 35.5. The van der Waals surface area contributed by atoms with Crippen LogP contribution in [0.15, 0.2) is 48.5 Å². The molecule has 0 aliphatic rings. The van der Waals surface area contributed by atoms with Gasteiger partial charge in [-0.15, -0.1) is 11.8 Å². The maximum atomic E-state index is 13.0. The van der Waals surface area contributed by atoms with Crippen molar-refractivity contribution >= 4 is 46.9 Å². The van der Waals surface area contributed by atoms with Gasteiger partial charge in [-0.1, -0.05) is 29.8 Å². The van der Waals surface area contributed by atoms with Gasteiger partial charge in [0.05, 0.1) is 11.0 Å². The summed E-state index contributed by atoms with van der Waals surface area (Å²) in [5.74, 6) is 0.650. The summed E-state index contributed by atoms with van der Waals surface area (Å²) in [6, 6.07) is 13.1. The lowest BCUT2D eigenvalue weighted by Crippen LogP contribution is -2.30. The number of amides is 1. The van der Waals surface area contributed by atoms with Crippen LogP contribution in [0.2, 0.25) is 5.02 Å². The first-order valence-electron chi connectivity index (χ1n) is 9.06. The Morgan fingerprint density at radius 2 is 1.90 bits per heavy atom. The van der Waals surface area contributed by atoms with Gasteiger partial charge >= 0.3 is 0 Å². The van der Waals surface area contributed by atoms with E-state index in [1.807, 2.05) is 18.2 Å². The molecule has 4 N–H and O–H groups in total. The Hall–Kier alpha value is -2.91. The van der Waals surface area contributed by atoms with Crippen LogP contribution in [0.3, 0.4) is 0 Å². The highest BCUT2D eigenvalue weighted by Gasteiger charge is 2.15. The number of benzene rings is 2. The van der Waals surface area contributed by atoms with Crippen molar-refractivity contribution in [2.75, 3.05) is 11.1 Å². The molecular weight excluding hydrogens is 427 g/mol. The predicted molar refractivity (Wildman–Crippen MR) is 118 cm³/mol. The van der Waals surface area contributed by atoms with Crippen LogP contribution in [0.4, 0.5) is 22.0 Å². The van der Waals surface area contributed by atoms with E-state index in [2.05, 4.69) is 25.6 Å². The Balaban J connectivity index is 1.55. The number of nitrogens with two attached hydrogens (primary N) is 1. The van der Waals surface area contributed by atoms with Gasteiger partial charge in [0.15, 0.2) is 0 Å². The molecule has 1 amide bonds. The van der Waals surface area contributed by atoms with Crippen LogP contribution < -0.4 is 16.4 Å². The SMILES string of the molecule is CC(SCc1nc(N)nc(Nc2ccc(F)cc2)n1)C(=O)NCc1ccccc1Cl. The summed E-state index contributed by atoms with van der Waals surface area (Å²) in [6.45, 7) is 2.16. The molecule has 3 aromatic rings. The smallest absolute Gasteiger partial charge is 0.233 e. The van der Waals surface area contributed by atoms with Crippen LogP contribution in [-0.2, 0) is 17.1 Å². The van der Waals surface area contributed by atoms with Gasteiger partial charge < -0.3 is 16.4 Å². The highest BCUT2D eigenvalue weighted by Crippen LogP contribution is 2.19. The summed E-state index contributed by atoms with van der Waals surface area (Å²) in [7, 11) is 0. The van der Waals surface area contributed by atoms with E-state index in [0.29, 0.717) is 28.8 Å². The van der Waals surface area contributed by atoms with Gasteiger partial charge in [-0.25, -0.2) is 4.39 Å². The molecule has 1 unspecified atom stereocenters. The van der Waals surface area contributed by atoms with E-state index in [0.717, 1.165) is 5.56 Å². The molecule has 1 aromatic heterocycles. The monoisotopic (exact) mass is 446 g/mol. The number of aromatic nitrogens is 3. The van der Waals surface area contributed by atoms with Crippen molar-refractivity contribution < 1.29 is 9.18 Å². The summed E-state index contributed by atoms with van der Waals surface area (Å²) in [5.41, 5.74) is 7.24. The summed E-state index contributed by atoms with van der Waals surface area (Å²) < 4.78 is 13.0. The third-order valence-electron chi connectivity index (χ3n) is 4.04. The van der Waals surface area contributed by atoms with Crippen molar-refractivity contribution in [1.29, 1.82) is 0 Å².